The molecule has 0 aromatic heterocycles. The summed E-state index contributed by atoms with van der Waals surface area (Å²) in [6.07, 6.45) is 14.0. The number of alkyl carbamates (subject to hydrolysis) is 1. The topological polar surface area (TPSA) is 560 Å². The predicted octanol–water partition coefficient (Wildman–Crippen LogP) is 6.67. The number of hydrogen-bond donors (Lipinski definition) is 16. The van der Waals surface area contributed by atoms with Gasteiger partial charge in [-0.15, -0.1) is 5.92 Å². The van der Waals surface area contributed by atoms with E-state index in [1.54, 1.807) is 55.1 Å². The molecule has 12 atom stereocenters. The Morgan fingerprint density at radius 1 is 0.520 bits per heavy atom. The number of aliphatic hydroxyl groups excluding tert-OH is 1. The van der Waals surface area contributed by atoms with E-state index in [-0.39, 0.29) is 182 Å². The van der Waals surface area contributed by atoms with Crippen LogP contribution in [-0.2, 0) is 130 Å². The summed E-state index contributed by atoms with van der Waals surface area (Å²) in [5, 5.41) is 49.7. The van der Waals surface area contributed by atoms with Gasteiger partial charge in [0, 0.05) is 81.4 Å². The third-order valence-corrected chi connectivity index (χ3v) is 29.6. The number of quaternary nitrogens is 1. The molecule has 3 aromatic carbocycles. The molecule has 3 unspecified atom stereocenters. The maximum absolute atomic E-state index is 14.9. The number of likely N-dealkylation sites (N-methyl/N-ethyl adjacent to an activating group) is 1. The van der Waals surface area contributed by atoms with Gasteiger partial charge in [-0.25, -0.2) is 9.59 Å². The molecule has 9 rings (SSSR count). The molecule has 0 aliphatic heterocycles. The van der Waals surface area contributed by atoms with E-state index in [1.807, 2.05) is 38.1 Å². The monoisotopic (exact) mass is 2100 g/mol. The number of primary amides is 2. The van der Waals surface area contributed by atoms with Crippen molar-refractivity contribution < 1.29 is 124 Å². The van der Waals surface area contributed by atoms with Crippen LogP contribution in [0.1, 0.15) is 230 Å². The summed E-state index contributed by atoms with van der Waals surface area (Å²) in [6, 6.07) is 13.3. The summed E-state index contributed by atoms with van der Waals surface area (Å²) in [5.74, 6) is 8.23. The van der Waals surface area contributed by atoms with Gasteiger partial charge in [-0.3, -0.25) is 59.1 Å². The molecule has 13 amide bonds. The second-order valence-electron chi connectivity index (χ2n) is 42.2. The third-order valence-electron chi connectivity index (χ3n) is 29.6. The summed E-state index contributed by atoms with van der Waals surface area (Å²) in [5.41, 5.74) is 19.0. The second-order valence-corrected chi connectivity index (χ2v) is 42.2. The number of phenols is 1. The van der Waals surface area contributed by atoms with Crippen LogP contribution in [0.15, 0.2) is 72.1 Å². The lowest BCUT2D eigenvalue weighted by Crippen LogP contribution is -2.60. The van der Waals surface area contributed by atoms with Crippen molar-refractivity contribution in [2.45, 2.75) is 269 Å². The number of unbranched alkanes of at least 4 members (excludes halogenated alkanes) is 2. The van der Waals surface area contributed by atoms with Gasteiger partial charge in [-0.2, -0.15) is 0 Å². The average molecular weight is 2110 g/mol. The van der Waals surface area contributed by atoms with Gasteiger partial charge in [0.15, 0.2) is 0 Å². The average Bonchev–Trinajstić information content (AvgIpc) is 0.717. The first-order valence-electron chi connectivity index (χ1n) is 53.9. The number of amides is 13. The molecule has 836 valence electrons. The molecule has 41 heteroatoms. The first kappa shape index (κ1) is 123. The molecular weight excluding hydrogens is 1930 g/mol. The highest BCUT2D eigenvalue weighted by Crippen LogP contribution is 2.60. The number of urea groups is 1. The van der Waals surface area contributed by atoms with Crippen LogP contribution in [0.3, 0.4) is 0 Å². The highest BCUT2D eigenvalue weighted by molar-refractivity contribution is 6.01. The number of aryl methyl sites for hydroxylation is 2. The Labute approximate surface area is 884 Å². The molecule has 0 bridgehead atoms. The fraction of sp³-hybridized carbons (Fsp3) is 0.688. The number of nitrogens with one attached hydrogen (secondary N) is 11. The van der Waals surface area contributed by atoms with Gasteiger partial charge < -0.3 is 136 Å². The van der Waals surface area contributed by atoms with Gasteiger partial charge in [0.2, 0.25) is 59.1 Å². The molecule has 0 radical (unpaired) electrons. The number of rotatable bonds is 66. The predicted molar refractivity (Wildman–Crippen MR) is 562 cm³/mol. The van der Waals surface area contributed by atoms with Crippen molar-refractivity contribution in [3.63, 3.8) is 0 Å². The van der Waals surface area contributed by atoms with Crippen LogP contribution in [0, 0.1) is 40.4 Å². The molecule has 150 heavy (non-hydrogen) atoms. The Morgan fingerprint density at radius 2 is 1.08 bits per heavy atom. The molecule has 0 heterocycles. The molecular formula is C109H171N16O25+. The van der Waals surface area contributed by atoms with Crippen molar-refractivity contribution in [2.75, 3.05) is 197 Å². The number of phenolic OH excluding ortho intramolecular Hbond substituents is 1. The minimum atomic E-state index is -1.39. The zero-order valence-corrected chi connectivity index (χ0v) is 89.9. The van der Waals surface area contributed by atoms with Crippen molar-refractivity contribution in [3.05, 3.63) is 99.9 Å². The number of benzene rings is 3. The van der Waals surface area contributed by atoms with Crippen molar-refractivity contribution in [1.29, 1.82) is 0 Å². The van der Waals surface area contributed by atoms with Gasteiger partial charge in [-0.1, -0.05) is 91.0 Å². The number of nitrogens with zero attached hydrogens (tertiary/aromatic N) is 2. The summed E-state index contributed by atoms with van der Waals surface area (Å²) in [6.45, 7) is 17.3. The Morgan fingerprint density at radius 3 is 1.67 bits per heavy atom. The van der Waals surface area contributed by atoms with Crippen molar-refractivity contribution >= 4 is 82.6 Å². The van der Waals surface area contributed by atoms with E-state index in [0.29, 0.717) is 165 Å². The number of carbonyl (C=O) groups excluding carboxylic acids is 12. The number of aromatic hydroxyl groups is 1. The Hall–Kier alpha value is -10.7. The van der Waals surface area contributed by atoms with E-state index in [9.17, 15) is 67.7 Å². The summed E-state index contributed by atoms with van der Waals surface area (Å²) in [4.78, 5) is 163. The SMILES string of the molecule is CC(C)[C@H](NC(=O)[C@@H](CCCCNC(=O)COC1CCCC(N(CCCCC(=O)Nc2ccc(COC(=O)N[C@@H](CO)C(=O)Nc3ccc4c(c3)[C@@]3(C)CCC[C@](C)(C(=O)NC(=O)[C@@]5(C)CCC[C@]6(C)c7cc(O)ccc7CC[C@@H]56)[C@@H]3CC4)cc2)C(N)=O)CC(NCCOCCOCCOCCOCCC(=O)NCC[N+](C)(C)C)=C1NN)NC(=O)CCOCCOCCOCCOCCNC(=O)COC1C#CCCCCC1)C(N)=O. The molecule has 19 N–H and O–H groups in total. The first-order valence-corrected chi connectivity index (χ1v) is 53.9. The van der Waals surface area contributed by atoms with Gasteiger partial charge in [0.05, 0.1) is 163 Å². The van der Waals surface area contributed by atoms with Crippen molar-refractivity contribution in [3.8, 4) is 17.6 Å². The third kappa shape index (κ3) is 40.1. The van der Waals surface area contributed by atoms with Crippen molar-refractivity contribution in [1.82, 2.24) is 52.9 Å². The zero-order valence-electron chi connectivity index (χ0n) is 89.9. The lowest BCUT2D eigenvalue weighted by molar-refractivity contribution is -0.869. The smallest absolute Gasteiger partial charge is 0.408 e. The van der Waals surface area contributed by atoms with Gasteiger partial charge in [0.1, 0.15) is 55.9 Å². The summed E-state index contributed by atoms with van der Waals surface area (Å²) >= 11 is 0. The maximum Gasteiger partial charge on any atom is 0.408 e. The molecule has 0 saturated heterocycles. The number of hydrazine groups is 1. The Bertz CT molecular complexity index is 4920. The largest absolute Gasteiger partial charge is 0.508 e. The van der Waals surface area contributed by atoms with Crippen LogP contribution in [0.5, 0.6) is 5.75 Å². The molecule has 41 nitrogen and oxygen atoms in total. The normalized spacial score (nSPS) is 21.6. The fourth-order valence-corrected chi connectivity index (χ4v) is 21.4. The number of ether oxygens (including phenoxy) is 11. The first-order chi connectivity index (χ1) is 72.0. The number of fused-ring (bicyclic) bond motifs is 6. The van der Waals surface area contributed by atoms with E-state index >= 15 is 0 Å². The number of carbonyl (C=O) groups is 12. The minimum absolute atomic E-state index is 0.0255. The van der Waals surface area contributed by atoms with Crippen LogP contribution < -0.4 is 75.9 Å². The summed E-state index contributed by atoms with van der Waals surface area (Å²) in [7, 11) is 6.18. The molecule has 6 aliphatic rings. The van der Waals surface area contributed by atoms with Gasteiger partial charge >= 0.3 is 12.1 Å². The number of nitrogens with two attached hydrogens (primary N) is 3. The highest BCUT2D eigenvalue weighted by Gasteiger charge is 2.59. The number of anilines is 2. The summed E-state index contributed by atoms with van der Waals surface area (Å²) < 4.78 is 63.4. The molecule has 2 fully saturated rings. The van der Waals surface area contributed by atoms with Crippen molar-refractivity contribution in [2.24, 2.45) is 45.9 Å². The quantitative estimate of drug-likeness (QED) is 0.00701. The lowest BCUT2D eigenvalue weighted by atomic mass is 9.49. The molecule has 6 aliphatic carbocycles. The van der Waals surface area contributed by atoms with Crippen LogP contribution in [0.25, 0.3) is 0 Å². The van der Waals surface area contributed by atoms with Crippen LogP contribution >= 0.6 is 0 Å². The number of aliphatic hydroxyl groups is 1. The van der Waals surface area contributed by atoms with E-state index in [4.69, 9.17) is 69.4 Å². The van der Waals surface area contributed by atoms with E-state index in [0.717, 1.165) is 105 Å². The van der Waals surface area contributed by atoms with Crippen LogP contribution in [-0.4, -0.2) is 313 Å². The lowest BCUT2D eigenvalue weighted by Gasteiger charge is -2.56. The number of hydrogen-bond acceptors (Lipinski definition) is 28. The second kappa shape index (κ2) is 63.7. The van der Waals surface area contributed by atoms with E-state index < -0.39 is 94.8 Å². The Kier molecular flexibility index (Phi) is 52.1. The van der Waals surface area contributed by atoms with E-state index in [1.165, 1.54) is 5.56 Å². The van der Waals surface area contributed by atoms with Crippen LogP contribution in [0.4, 0.5) is 21.0 Å². The van der Waals surface area contributed by atoms with Gasteiger partial charge in [0.25, 0.3) is 0 Å². The molecule has 2 saturated carbocycles. The maximum atomic E-state index is 14.9. The standard InChI is InChI=1S/C109H170N16O25/c1-75(2)97(99(110)133)121-100(134)86(119-94(130)41-53-141-57-61-145-65-67-147-63-59-143-55-49-116-95(131)73-148-83-23-13-11-10-12-14-24-83)25-15-17-46-114-96(132)74-149-89-26-19-22-81(69-87(98(89)123-112)113-48-54-142-58-62-146-66-64-144-60-56-140-52-40-92(128)115-47-51-125(7,8)9)124(104(111)138)50-18-16-27-93(129)117-79-34-28-76(29-35-79)72-150-105(139)120-88(71-126)101(135)118-80-36-30-77-32-38-90-106(3,84(77)68-80)42-20-44-108(90,5)102(136)122-103(137)109(6)45-21-43-107(4)85-70-82(127)37-31-78(85)33-39-91(107)109/h28-31,34-37,68,70,75,81,83,86,88-91,97,113,123,126H,10-13,15-23,25-27,32-33,38-67,69,71-74,112H2,1-9H3,(H13-,110,111,114,115,116,117,118,119,120,121,122,127,128,129,130,131,132,133,134,135,136,137,138,139)/p+1/t81?,83?,86-,88+,89?,90-,91-,97+,106-,107-,108+,109+/m1/s1. The van der Waals surface area contributed by atoms with E-state index in [2.05, 4.69) is 105 Å². The fourth-order valence-electron chi connectivity index (χ4n) is 21.4. The zero-order chi connectivity index (χ0) is 108. The molecule has 0 spiro atoms. The van der Waals surface area contributed by atoms with Gasteiger partial charge in [-0.05, 0) is 215 Å². The molecule has 3 aromatic rings. The Balaban J connectivity index is 0.696. The number of imide groups is 1. The van der Waals surface area contributed by atoms with Crippen LogP contribution in [0.2, 0.25) is 0 Å². The highest BCUT2D eigenvalue weighted by atomic mass is 16.6. The minimum Gasteiger partial charge on any atom is -0.508 e.